The van der Waals surface area contributed by atoms with Gasteiger partial charge in [-0.25, -0.2) is 0 Å². The SMILES string of the molecule is CB(O)NC(C)Cc1ccc(C(C)(C)C)cc1.CC(N)Cc1ccc(C(C)(C)C)cc1. The van der Waals surface area contributed by atoms with Gasteiger partial charge in [0.15, 0.2) is 0 Å². The van der Waals surface area contributed by atoms with Crippen molar-refractivity contribution >= 4 is 7.05 Å². The molecule has 2 aromatic rings. The van der Waals surface area contributed by atoms with Crippen LogP contribution in [0.2, 0.25) is 6.82 Å². The number of nitrogens with two attached hydrogens (primary N) is 1. The topological polar surface area (TPSA) is 58.3 Å². The van der Waals surface area contributed by atoms with Gasteiger partial charge in [0, 0.05) is 6.04 Å². The summed E-state index contributed by atoms with van der Waals surface area (Å²) in [5, 5.41) is 12.3. The van der Waals surface area contributed by atoms with E-state index in [2.05, 4.69) is 102 Å². The largest absolute Gasteiger partial charge is 0.437 e. The summed E-state index contributed by atoms with van der Waals surface area (Å²) in [6.45, 7) is 19.2. The molecule has 0 saturated heterocycles. The second kappa shape index (κ2) is 11.8. The van der Waals surface area contributed by atoms with Crippen LogP contribution in [0.1, 0.15) is 77.6 Å². The molecular weight excluding hydrogens is 379 g/mol. The number of rotatable bonds is 6. The van der Waals surface area contributed by atoms with Crippen molar-refractivity contribution in [1.82, 2.24) is 5.23 Å². The first-order chi connectivity index (χ1) is 14.2. The van der Waals surface area contributed by atoms with Crippen molar-refractivity contribution in [3.05, 3.63) is 70.8 Å². The molecule has 0 fully saturated rings. The first kappa shape index (κ1) is 27.4. The molecule has 0 saturated carbocycles. The van der Waals surface area contributed by atoms with E-state index in [0.29, 0.717) is 0 Å². The van der Waals surface area contributed by atoms with E-state index in [0.717, 1.165) is 12.8 Å². The highest BCUT2D eigenvalue weighted by molar-refractivity contribution is 6.45. The fourth-order valence-electron chi connectivity index (χ4n) is 3.48. The maximum atomic E-state index is 9.24. The summed E-state index contributed by atoms with van der Waals surface area (Å²) in [6, 6.07) is 18.1. The average Bonchev–Trinajstić information content (AvgIpc) is 2.60. The van der Waals surface area contributed by atoms with Crippen LogP contribution in [-0.2, 0) is 23.7 Å². The molecule has 0 amide bonds. The van der Waals surface area contributed by atoms with Gasteiger partial charge < -0.3 is 16.0 Å². The van der Waals surface area contributed by atoms with Crippen molar-refractivity contribution in [3.8, 4) is 0 Å². The Bertz CT molecular complexity index is 754. The highest BCUT2D eigenvalue weighted by atomic mass is 16.2. The number of hydrogen-bond acceptors (Lipinski definition) is 3. The molecule has 0 heterocycles. The molecule has 0 radical (unpaired) electrons. The second-order valence-electron chi connectivity index (χ2n) is 11.0. The predicted molar refractivity (Wildman–Crippen MR) is 138 cm³/mol. The number of nitrogens with one attached hydrogen (secondary N) is 1. The van der Waals surface area contributed by atoms with E-state index < -0.39 is 7.05 Å². The summed E-state index contributed by atoms with van der Waals surface area (Å²) in [5.74, 6) is 0. The molecule has 0 bridgehead atoms. The smallest absolute Gasteiger partial charge is 0.373 e. The van der Waals surface area contributed by atoms with E-state index in [1.807, 2.05) is 6.92 Å². The summed E-state index contributed by atoms with van der Waals surface area (Å²) >= 11 is 0. The minimum atomic E-state index is -0.446. The van der Waals surface area contributed by atoms with Gasteiger partial charge in [0.05, 0.1) is 0 Å². The summed E-state index contributed by atoms with van der Waals surface area (Å²) in [5.41, 5.74) is 11.6. The van der Waals surface area contributed by atoms with Crippen LogP contribution in [0, 0.1) is 0 Å². The standard InChI is InChI=1S/C14H24BNO.C13H21N/c1-11(16-15(5)17)10-12-6-8-13(9-7-12)14(2,3)4;1-10(14)9-11-5-7-12(8-6-11)13(2,3)4/h6-9,11,16-17H,10H2,1-5H3;5-8,10H,9,14H2,1-4H3. The molecule has 0 aliphatic rings. The Labute approximate surface area is 192 Å². The Balaban J connectivity index is 0.000000316. The van der Waals surface area contributed by atoms with Crippen molar-refractivity contribution in [2.75, 3.05) is 0 Å². The summed E-state index contributed by atoms with van der Waals surface area (Å²) in [4.78, 5) is 0. The Morgan fingerprint density at radius 1 is 0.774 bits per heavy atom. The van der Waals surface area contributed by atoms with Crippen molar-refractivity contribution in [2.45, 2.75) is 98.0 Å². The molecule has 2 atom stereocenters. The zero-order valence-corrected chi connectivity index (χ0v) is 21.3. The van der Waals surface area contributed by atoms with Crippen molar-refractivity contribution in [3.63, 3.8) is 0 Å². The monoisotopic (exact) mass is 424 g/mol. The highest BCUT2D eigenvalue weighted by Gasteiger charge is 2.14. The van der Waals surface area contributed by atoms with Gasteiger partial charge in [0.1, 0.15) is 0 Å². The lowest BCUT2D eigenvalue weighted by molar-refractivity contribution is 0.526. The van der Waals surface area contributed by atoms with E-state index in [1.54, 1.807) is 6.82 Å². The zero-order chi connectivity index (χ0) is 23.8. The molecule has 172 valence electrons. The van der Waals surface area contributed by atoms with Crippen LogP contribution in [0.4, 0.5) is 0 Å². The zero-order valence-electron chi connectivity index (χ0n) is 21.3. The lowest BCUT2D eigenvalue weighted by Crippen LogP contribution is -2.39. The molecular formula is C27H45BN2O. The third-order valence-electron chi connectivity index (χ3n) is 5.27. The molecule has 0 aliphatic carbocycles. The fourth-order valence-corrected chi connectivity index (χ4v) is 3.48. The second-order valence-corrected chi connectivity index (χ2v) is 11.0. The number of benzene rings is 2. The summed E-state index contributed by atoms with van der Waals surface area (Å²) in [7, 11) is -0.446. The van der Waals surface area contributed by atoms with Crippen LogP contribution in [0.3, 0.4) is 0 Å². The Morgan fingerprint density at radius 3 is 1.42 bits per heavy atom. The van der Waals surface area contributed by atoms with Crippen LogP contribution in [0.25, 0.3) is 0 Å². The van der Waals surface area contributed by atoms with Gasteiger partial charge in [-0.15, -0.1) is 0 Å². The van der Waals surface area contributed by atoms with Crippen molar-refractivity contribution < 1.29 is 5.02 Å². The molecule has 31 heavy (non-hydrogen) atoms. The molecule has 2 rings (SSSR count). The fraction of sp³-hybridized carbons (Fsp3) is 0.556. The van der Waals surface area contributed by atoms with Crippen molar-refractivity contribution in [1.29, 1.82) is 0 Å². The predicted octanol–water partition coefficient (Wildman–Crippen LogP) is 5.49. The van der Waals surface area contributed by atoms with Crippen LogP contribution >= 0.6 is 0 Å². The van der Waals surface area contributed by atoms with Gasteiger partial charge >= 0.3 is 7.05 Å². The third-order valence-corrected chi connectivity index (χ3v) is 5.27. The van der Waals surface area contributed by atoms with Gasteiger partial charge in [-0.1, -0.05) is 97.0 Å². The molecule has 0 aromatic heterocycles. The maximum absolute atomic E-state index is 9.24. The lowest BCUT2D eigenvalue weighted by Gasteiger charge is -2.20. The highest BCUT2D eigenvalue weighted by Crippen LogP contribution is 2.23. The van der Waals surface area contributed by atoms with Gasteiger partial charge in [-0.2, -0.15) is 0 Å². The molecule has 2 aromatic carbocycles. The minimum absolute atomic E-state index is 0.210. The van der Waals surface area contributed by atoms with E-state index in [9.17, 15) is 5.02 Å². The van der Waals surface area contributed by atoms with Crippen LogP contribution in [0.15, 0.2) is 48.5 Å². The Morgan fingerprint density at radius 2 is 1.13 bits per heavy atom. The normalized spacial score (nSPS) is 13.8. The van der Waals surface area contributed by atoms with Gasteiger partial charge in [-0.3, -0.25) is 0 Å². The molecule has 4 N–H and O–H groups in total. The minimum Gasteiger partial charge on any atom is -0.437 e. The van der Waals surface area contributed by atoms with E-state index >= 15 is 0 Å². The molecule has 0 spiro atoms. The van der Waals surface area contributed by atoms with Gasteiger partial charge in [-0.05, 0) is 65.7 Å². The summed E-state index contributed by atoms with van der Waals surface area (Å²) in [6.07, 6.45) is 1.90. The van der Waals surface area contributed by atoms with E-state index in [-0.39, 0.29) is 22.9 Å². The molecule has 0 aliphatic heterocycles. The third kappa shape index (κ3) is 11.0. The quantitative estimate of drug-likeness (QED) is 0.538. The van der Waals surface area contributed by atoms with Crippen LogP contribution in [0.5, 0.6) is 0 Å². The van der Waals surface area contributed by atoms with Gasteiger partial charge in [0.2, 0.25) is 0 Å². The van der Waals surface area contributed by atoms with Crippen molar-refractivity contribution in [2.24, 2.45) is 5.73 Å². The first-order valence-electron chi connectivity index (χ1n) is 11.6. The van der Waals surface area contributed by atoms with Crippen LogP contribution in [-0.4, -0.2) is 24.2 Å². The van der Waals surface area contributed by atoms with Gasteiger partial charge in [0.25, 0.3) is 0 Å². The van der Waals surface area contributed by atoms with E-state index in [1.165, 1.54) is 22.3 Å². The lowest BCUT2D eigenvalue weighted by atomic mass is 9.85. The van der Waals surface area contributed by atoms with E-state index in [4.69, 9.17) is 5.73 Å². The molecule has 2 unspecified atom stereocenters. The Hall–Kier alpha value is -1.62. The van der Waals surface area contributed by atoms with Crippen LogP contribution < -0.4 is 11.0 Å². The number of hydrogen-bond donors (Lipinski definition) is 3. The molecule has 3 nitrogen and oxygen atoms in total. The first-order valence-corrected chi connectivity index (χ1v) is 11.6. The maximum Gasteiger partial charge on any atom is 0.373 e. The average molecular weight is 424 g/mol. The summed E-state index contributed by atoms with van der Waals surface area (Å²) < 4.78 is 0. The molecule has 4 heteroatoms. The Kier molecular flexibility index (Phi) is 10.5.